The highest BCUT2D eigenvalue weighted by Gasteiger charge is 2.35. The number of hydrogen-bond donors (Lipinski definition) is 1. The van der Waals surface area contributed by atoms with E-state index in [2.05, 4.69) is 43.1 Å². The van der Waals surface area contributed by atoms with Gasteiger partial charge < -0.3 is 10.1 Å². The van der Waals surface area contributed by atoms with E-state index >= 15 is 0 Å². The number of esters is 1. The van der Waals surface area contributed by atoms with Crippen molar-refractivity contribution < 1.29 is 9.53 Å². The third kappa shape index (κ3) is 4.48. The summed E-state index contributed by atoms with van der Waals surface area (Å²) in [5.41, 5.74) is 5.73. The fourth-order valence-electron chi connectivity index (χ4n) is 3.80. The predicted octanol–water partition coefficient (Wildman–Crippen LogP) is 5.21. The normalized spacial score (nSPS) is 15.2. The first-order valence-electron chi connectivity index (χ1n) is 10.4. The van der Waals surface area contributed by atoms with Crippen molar-refractivity contribution in [1.29, 1.82) is 0 Å². The number of ether oxygens (including phenoxy) is 1. The van der Waals surface area contributed by atoms with Crippen LogP contribution in [0.2, 0.25) is 0 Å². The van der Waals surface area contributed by atoms with Crippen molar-refractivity contribution >= 4 is 23.7 Å². The lowest BCUT2D eigenvalue weighted by Gasteiger charge is -2.29. The molecule has 0 saturated heterocycles. The molecule has 0 saturated carbocycles. The number of nitrogens with zero attached hydrogens (tertiary/aromatic N) is 3. The molecule has 1 unspecified atom stereocenters. The Morgan fingerprint density at radius 2 is 2.03 bits per heavy atom. The van der Waals surface area contributed by atoms with Gasteiger partial charge in [0.2, 0.25) is 11.1 Å². The fourth-order valence-corrected chi connectivity index (χ4v) is 4.57. The lowest BCUT2D eigenvalue weighted by atomic mass is 9.93. The van der Waals surface area contributed by atoms with Crippen LogP contribution in [0.1, 0.15) is 35.2 Å². The van der Waals surface area contributed by atoms with Gasteiger partial charge in [0.1, 0.15) is 12.6 Å². The number of fused-ring (bicyclic) bond motifs is 1. The summed E-state index contributed by atoms with van der Waals surface area (Å²) in [4.78, 5) is 17.7. The summed E-state index contributed by atoms with van der Waals surface area (Å²) in [6, 6.07) is 16.0. The van der Waals surface area contributed by atoms with Gasteiger partial charge in [-0.3, -0.25) is 0 Å². The van der Waals surface area contributed by atoms with Crippen molar-refractivity contribution in [2.24, 2.45) is 0 Å². The molecule has 0 aliphatic carbocycles. The Bertz CT molecular complexity index is 1200. The number of hydrogen-bond acceptors (Lipinski definition) is 6. The number of rotatable bonds is 7. The molecule has 1 aromatic heterocycles. The number of allylic oxidation sites excluding steroid dienone is 1. The molecule has 7 heteroatoms. The predicted molar refractivity (Wildman–Crippen MR) is 128 cm³/mol. The van der Waals surface area contributed by atoms with E-state index in [9.17, 15) is 4.79 Å². The average Bonchev–Trinajstić information content (AvgIpc) is 3.18. The van der Waals surface area contributed by atoms with Crippen LogP contribution in [0.3, 0.4) is 0 Å². The number of carbonyl (C=O) groups excluding carboxylic acids is 1. The zero-order valence-corrected chi connectivity index (χ0v) is 19.3. The molecular formula is C25H26N4O2S. The highest BCUT2D eigenvalue weighted by atomic mass is 32.2. The second kappa shape index (κ2) is 9.44. The summed E-state index contributed by atoms with van der Waals surface area (Å²) in [5, 5.41) is 8.68. The lowest BCUT2D eigenvalue weighted by molar-refractivity contribution is -0.138. The number of anilines is 1. The molecular weight excluding hydrogens is 420 g/mol. The molecule has 0 bridgehead atoms. The van der Waals surface area contributed by atoms with Crippen molar-refractivity contribution in [3.8, 4) is 0 Å². The minimum atomic E-state index is -0.425. The second-order valence-corrected chi connectivity index (χ2v) is 8.69. The van der Waals surface area contributed by atoms with E-state index in [1.807, 2.05) is 38.1 Å². The van der Waals surface area contributed by atoms with E-state index in [4.69, 9.17) is 14.8 Å². The van der Waals surface area contributed by atoms with Gasteiger partial charge in [-0.2, -0.15) is 4.98 Å². The second-order valence-electron chi connectivity index (χ2n) is 7.75. The van der Waals surface area contributed by atoms with E-state index < -0.39 is 12.0 Å². The van der Waals surface area contributed by atoms with E-state index in [0.29, 0.717) is 22.4 Å². The Morgan fingerprint density at radius 3 is 2.78 bits per heavy atom. The van der Waals surface area contributed by atoms with Gasteiger partial charge in [0.25, 0.3) is 0 Å². The average molecular weight is 447 g/mol. The molecule has 1 atom stereocenters. The molecule has 3 aromatic rings. The minimum absolute atomic E-state index is 0.151. The van der Waals surface area contributed by atoms with Gasteiger partial charge in [-0.1, -0.05) is 78.5 Å². The zero-order valence-electron chi connectivity index (χ0n) is 18.5. The standard InChI is InChI=1S/C25H26N4O2S/c1-5-13-31-23(30)21-18(4)26-24-27-25(32-15-19-11-8-9-16(2)14-19)28-29(24)22(21)20-12-7-6-10-17(20)3/h5-12,14,22H,1,13,15H2,2-4H3,(H,26,27,28). The van der Waals surface area contributed by atoms with Crippen molar-refractivity contribution in [2.75, 3.05) is 11.9 Å². The van der Waals surface area contributed by atoms with Crippen LogP contribution in [0.15, 0.2) is 77.6 Å². The molecule has 1 N–H and O–H groups in total. The van der Waals surface area contributed by atoms with Gasteiger partial charge in [0.05, 0.1) is 5.57 Å². The van der Waals surface area contributed by atoms with Gasteiger partial charge >= 0.3 is 5.97 Å². The first-order valence-corrected chi connectivity index (χ1v) is 11.4. The Balaban J connectivity index is 1.70. The Hall–Kier alpha value is -3.32. The molecule has 0 amide bonds. The maximum absolute atomic E-state index is 13.0. The quantitative estimate of drug-likeness (QED) is 0.305. The molecule has 1 aliphatic heterocycles. The van der Waals surface area contributed by atoms with Crippen LogP contribution in [0.4, 0.5) is 5.95 Å². The minimum Gasteiger partial charge on any atom is -0.458 e. The summed E-state index contributed by atoms with van der Waals surface area (Å²) < 4.78 is 7.20. The van der Waals surface area contributed by atoms with Crippen LogP contribution < -0.4 is 5.32 Å². The molecule has 1 aliphatic rings. The molecule has 164 valence electrons. The zero-order chi connectivity index (χ0) is 22.7. The highest BCUT2D eigenvalue weighted by molar-refractivity contribution is 7.98. The highest BCUT2D eigenvalue weighted by Crippen LogP contribution is 2.38. The van der Waals surface area contributed by atoms with Crippen LogP contribution in [0, 0.1) is 13.8 Å². The lowest BCUT2D eigenvalue weighted by Crippen LogP contribution is -2.30. The molecule has 0 spiro atoms. The van der Waals surface area contributed by atoms with Gasteiger partial charge in [0.15, 0.2) is 0 Å². The number of aromatic nitrogens is 3. The third-order valence-corrected chi connectivity index (χ3v) is 6.23. The van der Waals surface area contributed by atoms with Crippen molar-refractivity contribution in [3.05, 3.63) is 94.7 Å². The number of nitrogens with one attached hydrogen (secondary N) is 1. The van der Waals surface area contributed by atoms with Crippen molar-refractivity contribution in [2.45, 2.75) is 37.7 Å². The number of carbonyl (C=O) groups is 1. The van der Waals surface area contributed by atoms with Gasteiger partial charge in [0, 0.05) is 11.4 Å². The largest absolute Gasteiger partial charge is 0.458 e. The molecule has 6 nitrogen and oxygen atoms in total. The summed E-state index contributed by atoms with van der Waals surface area (Å²) in [6.45, 7) is 9.77. The summed E-state index contributed by atoms with van der Waals surface area (Å²) in [5.74, 6) is 0.988. The van der Waals surface area contributed by atoms with E-state index in [-0.39, 0.29) is 6.61 Å². The molecule has 0 fully saturated rings. The van der Waals surface area contributed by atoms with Crippen LogP contribution in [-0.2, 0) is 15.3 Å². The molecule has 2 heterocycles. The Labute approximate surface area is 192 Å². The van der Waals surface area contributed by atoms with Crippen LogP contribution in [0.25, 0.3) is 0 Å². The van der Waals surface area contributed by atoms with Gasteiger partial charge in [-0.15, -0.1) is 5.10 Å². The molecule has 4 rings (SSSR count). The number of aryl methyl sites for hydroxylation is 2. The molecule has 2 aromatic carbocycles. The van der Waals surface area contributed by atoms with Crippen LogP contribution in [0.5, 0.6) is 0 Å². The smallest absolute Gasteiger partial charge is 0.338 e. The maximum atomic E-state index is 13.0. The number of benzene rings is 2. The molecule has 0 radical (unpaired) electrons. The monoisotopic (exact) mass is 446 g/mol. The van der Waals surface area contributed by atoms with Crippen molar-refractivity contribution in [3.63, 3.8) is 0 Å². The topological polar surface area (TPSA) is 69.0 Å². The maximum Gasteiger partial charge on any atom is 0.338 e. The van der Waals surface area contributed by atoms with Gasteiger partial charge in [-0.25, -0.2) is 9.48 Å². The van der Waals surface area contributed by atoms with Crippen molar-refractivity contribution in [1.82, 2.24) is 14.8 Å². The first kappa shape index (κ1) is 21.9. The SMILES string of the molecule is C=CCOC(=O)C1=C(C)Nc2nc(SCc3cccc(C)c3)nn2C1c1ccccc1C. The Kier molecular flexibility index (Phi) is 6.46. The van der Waals surface area contributed by atoms with Crippen LogP contribution in [-0.4, -0.2) is 27.3 Å². The summed E-state index contributed by atoms with van der Waals surface area (Å²) >= 11 is 1.57. The summed E-state index contributed by atoms with van der Waals surface area (Å²) in [7, 11) is 0. The Morgan fingerprint density at radius 1 is 1.22 bits per heavy atom. The molecule has 32 heavy (non-hydrogen) atoms. The number of thioether (sulfide) groups is 1. The summed E-state index contributed by atoms with van der Waals surface area (Å²) in [6.07, 6.45) is 1.56. The third-order valence-electron chi connectivity index (χ3n) is 5.32. The van der Waals surface area contributed by atoms with E-state index in [1.54, 1.807) is 22.5 Å². The fraction of sp³-hybridized carbons (Fsp3) is 0.240. The first-order chi connectivity index (χ1) is 15.5. The van der Waals surface area contributed by atoms with E-state index in [1.165, 1.54) is 11.1 Å². The van der Waals surface area contributed by atoms with Gasteiger partial charge in [-0.05, 0) is 37.5 Å². The van der Waals surface area contributed by atoms with Crippen LogP contribution >= 0.6 is 11.8 Å². The van der Waals surface area contributed by atoms with E-state index in [0.717, 1.165) is 16.9 Å².